The van der Waals surface area contributed by atoms with Gasteiger partial charge in [-0.15, -0.1) is 5.10 Å². The number of rotatable bonds is 6. The Bertz CT molecular complexity index is 938. The minimum Gasteiger partial charge on any atom is -0.405 e. The first-order valence-electron chi connectivity index (χ1n) is 9.37. The Hall–Kier alpha value is -3.22. The summed E-state index contributed by atoms with van der Waals surface area (Å²) in [7, 11) is 0. The van der Waals surface area contributed by atoms with Crippen molar-refractivity contribution < 1.29 is 13.6 Å². The summed E-state index contributed by atoms with van der Waals surface area (Å²) < 4.78 is 19.8. The number of carbonyl (C=O) groups excluding carboxylic acids is 1. The van der Waals surface area contributed by atoms with Crippen LogP contribution in [-0.2, 0) is 11.2 Å². The van der Waals surface area contributed by atoms with E-state index in [-0.39, 0.29) is 12.3 Å². The number of amides is 1. The van der Waals surface area contributed by atoms with Gasteiger partial charge >= 0.3 is 6.01 Å². The smallest absolute Gasteiger partial charge is 0.318 e. The average molecular weight is 380 g/mol. The van der Waals surface area contributed by atoms with Crippen LogP contribution in [0.5, 0.6) is 0 Å². The van der Waals surface area contributed by atoms with Crippen molar-refractivity contribution >= 4 is 11.9 Å². The predicted octanol–water partition coefficient (Wildman–Crippen LogP) is 3.26. The molecular weight excluding hydrogens is 359 g/mol. The molecule has 1 aromatic heterocycles. The lowest BCUT2D eigenvalue weighted by Gasteiger charge is -2.16. The highest BCUT2D eigenvalue weighted by Gasteiger charge is 2.25. The Labute approximate surface area is 162 Å². The lowest BCUT2D eigenvalue weighted by atomic mass is 10.1. The van der Waals surface area contributed by atoms with E-state index >= 15 is 0 Å². The largest absolute Gasteiger partial charge is 0.405 e. The molecule has 3 aromatic rings. The second-order valence-corrected chi connectivity index (χ2v) is 6.80. The van der Waals surface area contributed by atoms with Gasteiger partial charge in [-0.05, 0) is 30.0 Å². The quantitative estimate of drug-likeness (QED) is 0.711. The molecule has 1 N–H and O–H groups in total. The van der Waals surface area contributed by atoms with Crippen molar-refractivity contribution in [2.75, 3.05) is 18.0 Å². The van der Waals surface area contributed by atoms with Crippen molar-refractivity contribution in [2.45, 2.75) is 25.3 Å². The number of hydrogen-bond donors (Lipinski definition) is 1. The lowest BCUT2D eigenvalue weighted by Crippen LogP contribution is -2.31. The second-order valence-electron chi connectivity index (χ2n) is 6.80. The summed E-state index contributed by atoms with van der Waals surface area (Å²) >= 11 is 0. The molecule has 0 aliphatic carbocycles. The molecule has 7 heteroatoms. The first kappa shape index (κ1) is 18.2. The number of aromatic nitrogens is 2. The van der Waals surface area contributed by atoms with Crippen LogP contribution < -0.4 is 10.2 Å². The first-order valence-corrected chi connectivity index (χ1v) is 9.37. The van der Waals surface area contributed by atoms with Crippen molar-refractivity contribution in [1.82, 2.24) is 15.5 Å². The molecule has 1 aliphatic heterocycles. The number of halogens is 1. The number of carbonyl (C=O) groups is 1. The fraction of sp³-hybridized carbons (Fsp3) is 0.286. The van der Waals surface area contributed by atoms with E-state index in [9.17, 15) is 9.18 Å². The zero-order valence-corrected chi connectivity index (χ0v) is 15.3. The highest BCUT2D eigenvalue weighted by Crippen LogP contribution is 2.25. The molecule has 1 saturated heterocycles. The molecule has 1 aliphatic rings. The minimum absolute atomic E-state index is 0.0663. The molecule has 1 unspecified atom stereocenters. The Morgan fingerprint density at radius 2 is 1.79 bits per heavy atom. The van der Waals surface area contributed by atoms with E-state index in [1.807, 2.05) is 35.2 Å². The van der Waals surface area contributed by atoms with Crippen molar-refractivity contribution in [3.05, 3.63) is 77.4 Å². The molecule has 1 atom stereocenters. The standard InChI is InChI=1S/C21H21FN4O2/c22-17-11-5-4-10-16(17)14-18(27)23-19(15-8-2-1-3-9-15)20-24-25-21(28-20)26-12-6-7-13-26/h1-5,8-11,19H,6-7,12-14H2,(H,23,27). The third-order valence-corrected chi connectivity index (χ3v) is 4.80. The molecule has 4 rings (SSSR count). The Morgan fingerprint density at radius 3 is 2.54 bits per heavy atom. The van der Waals surface area contributed by atoms with Gasteiger partial charge in [0.1, 0.15) is 11.9 Å². The van der Waals surface area contributed by atoms with Gasteiger partial charge in [0.2, 0.25) is 11.8 Å². The molecule has 1 fully saturated rings. The molecule has 1 amide bonds. The van der Waals surface area contributed by atoms with Crippen LogP contribution in [0.1, 0.15) is 35.9 Å². The molecule has 2 aromatic carbocycles. The lowest BCUT2D eigenvalue weighted by molar-refractivity contribution is -0.121. The van der Waals surface area contributed by atoms with Crippen molar-refractivity contribution in [3.8, 4) is 0 Å². The molecule has 144 valence electrons. The SMILES string of the molecule is O=C(Cc1ccccc1F)NC(c1ccccc1)c1nnc(N2CCCC2)o1. The Morgan fingerprint density at radius 1 is 1.07 bits per heavy atom. The van der Waals surface area contributed by atoms with Gasteiger partial charge in [-0.1, -0.05) is 53.6 Å². The molecule has 0 radical (unpaired) electrons. The van der Waals surface area contributed by atoms with Crippen LogP contribution in [0.3, 0.4) is 0 Å². The van der Waals surface area contributed by atoms with Gasteiger partial charge in [-0.3, -0.25) is 4.79 Å². The van der Waals surface area contributed by atoms with Crippen LogP contribution in [0, 0.1) is 5.82 Å². The van der Waals surface area contributed by atoms with Crippen LogP contribution in [0.2, 0.25) is 0 Å². The molecular formula is C21H21FN4O2. The van der Waals surface area contributed by atoms with E-state index in [4.69, 9.17) is 4.42 Å². The van der Waals surface area contributed by atoms with Crippen LogP contribution in [0.4, 0.5) is 10.4 Å². The average Bonchev–Trinajstić information content (AvgIpc) is 3.40. The zero-order chi connectivity index (χ0) is 19.3. The third kappa shape index (κ3) is 4.03. The third-order valence-electron chi connectivity index (χ3n) is 4.80. The Balaban J connectivity index is 1.56. The highest BCUT2D eigenvalue weighted by atomic mass is 19.1. The molecule has 2 heterocycles. The molecule has 0 saturated carbocycles. The maximum Gasteiger partial charge on any atom is 0.318 e. The van der Waals surface area contributed by atoms with E-state index in [1.165, 1.54) is 6.07 Å². The summed E-state index contributed by atoms with van der Waals surface area (Å²) in [5.41, 5.74) is 1.16. The molecule has 28 heavy (non-hydrogen) atoms. The second kappa shape index (κ2) is 8.21. The van der Waals surface area contributed by atoms with Crippen LogP contribution in [0.25, 0.3) is 0 Å². The number of nitrogens with zero attached hydrogens (tertiary/aromatic N) is 3. The normalized spacial score (nSPS) is 14.8. The molecule has 0 bridgehead atoms. The van der Waals surface area contributed by atoms with Gasteiger partial charge in [-0.2, -0.15) is 0 Å². The molecule has 6 nitrogen and oxygen atoms in total. The van der Waals surface area contributed by atoms with E-state index in [0.717, 1.165) is 31.5 Å². The van der Waals surface area contributed by atoms with E-state index in [2.05, 4.69) is 15.5 Å². The summed E-state index contributed by atoms with van der Waals surface area (Å²) in [5, 5.41) is 11.2. The van der Waals surface area contributed by atoms with Crippen molar-refractivity contribution in [1.29, 1.82) is 0 Å². The van der Waals surface area contributed by atoms with E-state index < -0.39 is 11.9 Å². The van der Waals surface area contributed by atoms with Crippen LogP contribution in [0.15, 0.2) is 59.0 Å². The van der Waals surface area contributed by atoms with Gasteiger partial charge in [0, 0.05) is 13.1 Å². The van der Waals surface area contributed by atoms with Crippen molar-refractivity contribution in [2.24, 2.45) is 0 Å². The fourth-order valence-electron chi connectivity index (χ4n) is 3.34. The monoisotopic (exact) mass is 380 g/mol. The summed E-state index contributed by atoms with van der Waals surface area (Å²) in [4.78, 5) is 14.6. The zero-order valence-electron chi connectivity index (χ0n) is 15.3. The predicted molar refractivity (Wildman–Crippen MR) is 102 cm³/mol. The van der Waals surface area contributed by atoms with Gasteiger partial charge in [0.25, 0.3) is 0 Å². The maximum atomic E-state index is 13.9. The van der Waals surface area contributed by atoms with E-state index in [1.54, 1.807) is 18.2 Å². The van der Waals surface area contributed by atoms with Gasteiger partial charge in [-0.25, -0.2) is 4.39 Å². The topological polar surface area (TPSA) is 71.3 Å². The minimum atomic E-state index is -0.593. The maximum absolute atomic E-state index is 13.9. The van der Waals surface area contributed by atoms with Crippen molar-refractivity contribution in [3.63, 3.8) is 0 Å². The van der Waals surface area contributed by atoms with E-state index in [0.29, 0.717) is 17.5 Å². The summed E-state index contributed by atoms with van der Waals surface area (Å²) in [6, 6.07) is 15.5. The summed E-state index contributed by atoms with van der Waals surface area (Å²) in [6.07, 6.45) is 2.13. The number of hydrogen-bond acceptors (Lipinski definition) is 5. The number of nitrogens with one attached hydrogen (secondary N) is 1. The number of anilines is 1. The summed E-state index contributed by atoms with van der Waals surface area (Å²) in [5.74, 6) is -0.405. The van der Waals surface area contributed by atoms with Gasteiger partial charge in [0.05, 0.1) is 6.42 Å². The summed E-state index contributed by atoms with van der Waals surface area (Å²) in [6.45, 7) is 1.77. The van der Waals surface area contributed by atoms with Gasteiger partial charge in [0.15, 0.2) is 0 Å². The fourth-order valence-corrected chi connectivity index (χ4v) is 3.34. The van der Waals surface area contributed by atoms with Gasteiger partial charge < -0.3 is 14.6 Å². The number of benzene rings is 2. The Kier molecular flexibility index (Phi) is 5.32. The van der Waals surface area contributed by atoms with Crippen LogP contribution in [-0.4, -0.2) is 29.2 Å². The first-order chi connectivity index (χ1) is 13.7. The highest BCUT2D eigenvalue weighted by molar-refractivity contribution is 5.79. The molecule has 0 spiro atoms. The van der Waals surface area contributed by atoms with Crippen LogP contribution >= 0.6 is 0 Å².